The lowest BCUT2D eigenvalue weighted by Crippen LogP contribution is -2.27. The molecule has 0 N–H and O–H groups in total. The van der Waals surface area contributed by atoms with Crippen LogP contribution in [0.1, 0.15) is 13.8 Å². The Morgan fingerprint density at radius 2 is 2.00 bits per heavy atom. The van der Waals surface area contributed by atoms with Gasteiger partial charge < -0.3 is 4.90 Å². The first-order valence-corrected chi connectivity index (χ1v) is 7.63. The highest BCUT2D eigenvalue weighted by Gasteiger charge is 2.09. The number of pyridine rings is 1. The monoisotopic (exact) mass is 296 g/mol. The van der Waals surface area contributed by atoms with E-state index in [0.29, 0.717) is 5.82 Å². The summed E-state index contributed by atoms with van der Waals surface area (Å²) < 4.78 is 1.95. The van der Waals surface area contributed by atoms with Crippen LogP contribution in [0.25, 0.3) is 22.4 Å². The molecule has 0 aliphatic carbocycles. The van der Waals surface area contributed by atoms with E-state index in [1.807, 2.05) is 29.2 Å². The second kappa shape index (κ2) is 6.62. The summed E-state index contributed by atoms with van der Waals surface area (Å²) in [5.41, 5.74) is 1.79. The van der Waals surface area contributed by atoms with E-state index in [2.05, 4.69) is 38.8 Å². The number of aromatic nitrogens is 5. The van der Waals surface area contributed by atoms with Gasteiger partial charge in [-0.15, -0.1) is 0 Å². The van der Waals surface area contributed by atoms with Gasteiger partial charge in [0.25, 0.3) is 0 Å². The van der Waals surface area contributed by atoms with Crippen LogP contribution in [0, 0.1) is 0 Å². The maximum Gasteiger partial charge on any atom is 0.163 e. The van der Waals surface area contributed by atoms with E-state index in [-0.39, 0.29) is 0 Å². The summed E-state index contributed by atoms with van der Waals surface area (Å²) in [5.74, 6) is 0.685. The van der Waals surface area contributed by atoms with Gasteiger partial charge in [-0.1, -0.05) is 13.8 Å². The topological polar surface area (TPSA) is 59.7 Å². The predicted molar refractivity (Wildman–Crippen MR) is 86.3 cm³/mol. The van der Waals surface area contributed by atoms with Gasteiger partial charge in [-0.2, -0.15) is 5.10 Å². The third-order valence-corrected chi connectivity index (χ3v) is 3.82. The molecule has 0 aliphatic rings. The van der Waals surface area contributed by atoms with Crippen molar-refractivity contribution in [1.82, 2.24) is 29.6 Å². The quantitative estimate of drug-likeness (QED) is 0.698. The summed E-state index contributed by atoms with van der Waals surface area (Å²) >= 11 is 0. The maximum atomic E-state index is 4.67. The van der Waals surface area contributed by atoms with Gasteiger partial charge in [-0.25, -0.2) is 14.6 Å². The Morgan fingerprint density at radius 3 is 2.73 bits per heavy atom. The molecule has 0 amide bonds. The van der Waals surface area contributed by atoms with Crippen LogP contribution in [0.5, 0.6) is 0 Å². The van der Waals surface area contributed by atoms with E-state index in [0.717, 1.165) is 42.8 Å². The molecule has 0 spiro atoms. The van der Waals surface area contributed by atoms with E-state index < -0.39 is 0 Å². The van der Waals surface area contributed by atoms with Crippen molar-refractivity contribution >= 4 is 11.0 Å². The number of nitrogens with zero attached hydrogens (tertiary/aromatic N) is 6. The highest BCUT2D eigenvalue weighted by atomic mass is 15.3. The lowest BCUT2D eigenvalue weighted by molar-refractivity contribution is 0.287. The standard InChI is InChI=1S/C16H20N6/c1-3-21(4-2)8-9-22-16-14(12-19-22)11-18-15(20-16)13-6-5-7-17-10-13/h5-7,10-12H,3-4,8-9H2,1-2H3. The molecular formula is C16H20N6. The predicted octanol–water partition coefficient (Wildman–Crippen LogP) is 2.23. The van der Waals surface area contributed by atoms with Crippen molar-refractivity contribution in [2.45, 2.75) is 20.4 Å². The number of rotatable bonds is 6. The van der Waals surface area contributed by atoms with Gasteiger partial charge in [-0.05, 0) is 25.2 Å². The third-order valence-electron chi connectivity index (χ3n) is 3.82. The molecule has 0 fully saturated rings. The minimum Gasteiger partial charge on any atom is -0.302 e. The zero-order valence-electron chi connectivity index (χ0n) is 13.0. The van der Waals surface area contributed by atoms with Crippen molar-refractivity contribution in [3.8, 4) is 11.4 Å². The van der Waals surface area contributed by atoms with Crippen LogP contribution in [-0.4, -0.2) is 49.3 Å². The fraction of sp³-hybridized carbons (Fsp3) is 0.375. The zero-order chi connectivity index (χ0) is 15.4. The number of hydrogen-bond acceptors (Lipinski definition) is 5. The Bertz CT molecular complexity index is 733. The van der Waals surface area contributed by atoms with Gasteiger partial charge in [0.15, 0.2) is 11.5 Å². The molecule has 0 radical (unpaired) electrons. The van der Waals surface area contributed by atoms with Crippen molar-refractivity contribution in [1.29, 1.82) is 0 Å². The largest absolute Gasteiger partial charge is 0.302 e. The van der Waals surface area contributed by atoms with Crippen molar-refractivity contribution in [2.75, 3.05) is 19.6 Å². The smallest absolute Gasteiger partial charge is 0.163 e. The Balaban J connectivity index is 1.89. The highest BCUT2D eigenvalue weighted by molar-refractivity contribution is 5.75. The minimum absolute atomic E-state index is 0.685. The molecule has 0 aliphatic heterocycles. The van der Waals surface area contributed by atoms with E-state index in [4.69, 9.17) is 0 Å². The van der Waals surface area contributed by atoms with Crippen LogP contribution in [0.4, 0.5) is 0 Å². The van der Waals surface area contributed by atoms with Gasteiger partial charge in [0.2, 0.25) is 0 Å². The normalized spacial score (nSPS) is 11.4. The molecule has 0 saturated heterocycles. The first-order chi connectivity index (χ1) is 10.8. The van der Waals surface area contributed by atoms with E-state index in [9.17, 15) is 0 Å². The van der Waals surface area contributed by atoms with Crippen LogP contribution < -0.4 is 0 Å². The summed E-state index contributed by atoms with van der Waals surface area (Å²) in [6.45, 7) is 8.24. The van der Waals surface area contributed by atoms with Gasteiger partial charge >= 0.3 is 0 Å². The lowest BCUT2D eigenvalue weighted by Gasteiger charge is -2.17. The Hall–Kier alpha value is -2.34. The fourth-order valence-corrected chi connectivity index (χ4v) is 2.44. The molecule has 3 heterocycles. The molecule has 0 atom stereocenters. The van der Waals surface area contributed by atoms with E-state index in [1.165, 1.54) is 0 Å². The van der Waals surface area contributed by atoms with Gasteiger partial charge in [0.05, 0.1) is 18.1 Å². The maximum absolute atomic E-state index is 4.67. The molecule has 6 nitrogen and oxygen atoms in total. The van der Waals surface area contributed by atoms with Gasteiger partial charge in [0, 0.05) is 30.7 Å². The van der Waals surface area contributed by atoms with Crippen LogP contribution in [0.15, 0.2) is 36.9 Å². The molecule has 0 bridgehead atoms. The number of hydrogen-bond donors (Lipinski definition) is 0. The Labute approximate surface area is 129 Å². The Kier molecular flexibility index (Phi) is 4.39. The average Bonchev–Trinajstić information content (AvgIpc) is 2.99. The number of likely N-dealkylation sites (N-methyl/N-ethyl adjacent to an activating group) is 1. The van der Waals surface area contributed by atoms with Gasteiger partial charge in [-0.3, -0.25) is 4.98 Å². The van der Waals surface area contributed by atoms with Gasteiger partial charge in [0.1, 0.15) is 0 Å². The van der Waals surface area contributed by atoms with Crippen molar-refractivity contribution < 1.29 is 0 Å². The van der Waals surface area contributed by atoms with Crippen LogP contribution in [0.2, 0.25) is 0 Å². The minimum atomic E-state index is 0.685. The highest BCUT2D eigenvalue weighted by Crippen LogP contribution is 2.17. The summed E-state index contributed by atoms with van der Waals surface area (Å²) in [5, 5.41) is 5.41. The second-order valence-corrected chi connectivity index (χ2v) is 5.11. The first kappa shape index (κ1) is 14.6. The molecule has 114 valence electrons. The van der Waals surface area contributed by atoms with Crippen molar-refractivity contribution in [2.24, 2.45) is 0 Å². The molecule has 3 aromatic rings. The second-order valence-electron chi connectivity index (χ2n) is 5.11. The zero-order valence-corrected chi connectivity index (χ0v) is 13.0. The van der Waals surface area contributed by atoms with Crippen molar-refractivity contribution in [3.63, 3.8) is 0 Å². The average molecular weight is 296 g/mol. The summed E-state index contributed by atoms with van der Waals surface area (Å²) in [4.78, 5) is 15.6. The molecule has 22 heavy (non-hydrogen) atoms. The molecule has 0 aromatic carbocycles. The fourth-order valence-electron chi connectivity index (χ4n) is 2.44. The molecular weight excluding hydrogens is 276 g/mol. The third kappa shape index (κ3) is 2.96. The summed E-state index contributed by atoms with van der Waals surface area (Å²) in [6, 6.07) is 3.85. The Morgan fingerprint density at radius 1 is 1.14 bits per heavy atom. The number of fused-ring (bicyclic) bond motifs is 1. The van der Waals surface area contributed by atoms with E-state index >= 15 is 0 Å². The molecule has 0 unspecified atom stereocenters. The van der Waals surface area contributed by atoms with Crippen LogP contribution in [-0.2, 0) is 6.54 Å². The van der Waals surface area contributed by atoms with Crippen molar-refractivity contribution in [3.05, 3.63) is 36.9 Å². The van der Waals surface area contributed by atoms with Crippen LogP contribution >= 0.6 is 0 Å². The molecule has 0 saturated carbocycles. The van der Waals surface area contributed by atoms with E-state index in [1.54, 1.807) is 12.4 Å². The SMILES string of the molecule is CCN(CC)CCn1ncc2cnc(-c3cccnc3)nc21. The molecule has 3 aromatic heterocycles. The van der Waals surface area contributed by atoms with Crippen LogP contribution in [0.3, 0.4) is 0 Å². The summed E-state index contributed by atoms with van der Waals surface area (Å²) in [7, 11) is 0. The molecule has 3 rings (SSSR count). The molecule has 6 heteroatoms. The lowest BCUT2D eigenvalue weighted by atomic mass is 10.2. The first-order valence-electron chi connectivity index (χ1n) is 7.63. The summed E-state index contributed by atoms with van der Waals surface area (Å²) in [6.07, 6.45) is 7.17.